The molecule has 1 saturated heterocycles. The van der Waals surface area contributed by atoms with Crippen LogP contribution < -0.4 is 5.73 Å². The number of nitrogens with two attached hydrogens (primary N) is 1. The number of phenolic OH excluding ortho intramolecular Hbond substituents is 1. The smallest absolute Gasteiger partial charge is 0.122 e. The van der Waals surface area contributed by atoms with Gasteiger partial charge in [0.1, 0.15) is 5.75 Å². The molecule has 4 nitrogen and oxygen atoms in total. The first-order valence-corrected chi connectivity index (χ1v) is 5.63. The van der Waals surface area contributed by atoms with Gasteiger partial charge < -0.3 is 15.9 Å². The Morgan fingerprint density at radius 1 is 1.44 bits per heavy atom. The number of hydrogen-bond donors (Lipinski definition) is 3. The van der Waals surface area contributed by atoms with E-state index in [1.165, 1.54) is 0 Å². The van der Waals surface area contributed by atoms with Gasteiger partial charge in [0.05, 0.1) is 6.61 Å². The molecule has 1 heterocycles. The lowest BCUT2D eigenvalue weighted by Gasteiger charge is -2.23. The molecule has 1 aliphatic rings. The van der Waals surface area contributed by atoms with E-state index in [9.17, 15) is 10.2 Å². The third-order valence-electron chi connectivity index (χ3n) is 3.26. The monoisotopic (exact) mass is 222 g/mol. The van der Waals surface area contributed by atoms with Gasteiger partial charge in [-0.25, -0.2) is 0 Å². The third-order valence-corrected chi connectivity index (χ3v) is 3.26. The van der Waals surface area contributed by atoms with Crippen LogP contribution in [0.4, 0.5) is 5.69 Å². The lowest BCUT2D eigenvalue weighted by Crippen LogP contribution is -2.31. The maximum absolute atomic E-state index is 9.74. The van der Waals surface area contributed by atoms with Crippen molar-refractivity contribution >= 4 is 5.69 Å². The lowest BCUT2D eigenvalue weighted by molar-refractivity contribution is 0.153. The lowest BCUT2D eigenvalue weighted by atomic mass is 10.1. The Bertz CT molecular complexity index is 348. The maximum atomic E-state index is 9.74. The molecule has 0 radical (unpaired) electrons. The summed E-state index contributed by atoms with van der Waals surface area (Å²) in [5, 5.41) is 19.0. The minimum absolute atomic E-state index is 0.174. The molecule has 16 heavy (non-hydrogen) atoms. The third kappa shape index (κ3) is 2.13. The number of aliphatic hydroxyl groups excluding tert-OH is 1. The molecule has 1 aliphatic heterocycles. The van der Waals surface area contributed by atoms with Gasteiger partial charge in [0.15, 0.2) is 0 Å². The average molecular weight is 222 g/mol. The molecule has 0 bridgehead atoms. The zero-order valence-corrected chi connectivity index (χ0v) is 9.26. The van der Waals surface area contributed by atoms with Gasteiger partial charge in [-0.3, -0.25) is 4.90 Å². The molecule has 1 unspecified atom stereocenters. The van der Waals surface area contributed by atoms with E-state index in [0.717, 1.165) is 24.9 Å². The van der Waals surface area contributed by atoms with Crippen LogP contribution in [0.15, 0.2) is 18.2 Å². The number of aliphatic hydroxyl groups is 1. The van der Waals surface area contributed by atoms with Gasteiger partial charge in [0.25, 0.3) is 0 Å². The van der Waals surface area contributed by atoms with E-state index in [-0.39, 0.29) is 18.4 Å². The number of aromatic hydroxyl groups is 1. The Hall–Kier alpha value is -1.26. The summed E-state index contributed by atoms with van der Waals surface area (Å²) in [5.41, 5.74) is 7.22. The first kappa shape index (κ1) is 11.2. The van der Waals surface area contributed by atoms with Crippen molar-refractivity contribution in [3.8, 4) is 5.75 Å². The maximum Gasteiger partial charge on any atom is 0.122 e. The molecule has 88 valence electrons. The highest BCUT2D eigenvalue weighted by Gasteiger charge is 2.24. The summed E-state index contributed by atoms with van der Waals surface area (Å²) in [6.45, 7) is 1.75. The fraction of sp³-hybridized carbons (Fsp3) is 0.500. The van der Waals surface area contributed by atoms with Crippen LogP contribution in [0.5, 0.6) is 5.75 Å². The van der Waals surface area contributed by atoms with Crippen LogP contribution in [0.3, 0.4) is 0 Å². The first-order valence-electron chi connectivity index (χ1n) is 5.63. The summed E-state index contributed by atoms with van der Waals surface area (Å²) in [6, 6.07) is 5.38. The molecule has 1 fully saturated rings. The Balaban J connectivity index is 2.14. The van der Waals surface area contributed by atoms with Gasteiger partial charge in [-0.15, -0.1) is 0 Å². The van der Waals surface area contributed by atoms with Crippen LogP contribution in [0.2, 0.25) is 0 Å². The van der Waals surface area contributed by atoms with Crippen molar-refractivity contribution in [2.75, 3.05) is 18.9 Å². The highest BCUT2D eigenvalue weighted by Crippen LogP contribution is 2.27. The molecule has 1 aromatic rings. The van der Waals surface area contributed by atoms with E-state index in [0.29, 0.717) is 12.2 Å². The Kier molecular flexibility index (Phi) is 3.31. The zero-order chi connectivity index (χ0) is 11.5. The standard InChI is InChI=1S/C12H18N2O2/c13-11-4-1-5-12(16)10(11)7-14-6-2-3-9(14)8-15/h1,4-5,9,15-16H,2-3,6-8,13H2. The van der Waals surface area contributed by atoms with Gasteiger partial charge in [-0.2, -0.15) is 0 Å². The molecule has 0 saturated carbocycles. The summed E-state index contributed by atoms with van der Waals surface area (Å²) in [7, 11) is 0. The predicted molar refractivity (Wildman–Crippen MR) is 63.0 cm³/mol. The zero-order valence-electron chi connectivity index (χ0n) is 9.26. The Labute approximate surface area is 95.3 Å². The number of benzene rings is 1. The van der Waals surface area contributed by atoms with E-state index in [1.54, 1.807) is 18.2 Å². The van der Waals surface area contributed by atoms with Gasteiger partial charge in [0, 0.05) is 23.8 Å². The number of anilines is 1. The van der Waals surface area contributed by atoms with Crippen molar-refractivity contribution in [3.63, 3.8) is 0 Å². The fourth-order valence-corrected chi connectivity index (χ4v) is 2.28. The molecule has 1 atom stereocenters. The largest absolute Gasteiger partial charge is 0.508 e. The number of rotatable bonds is 3. The quantitative estimate of drug-likeness (QED) is 0.665. The number of nitrogens with zero attached hydrogens (tertiary/aromatic N) is 1. The van der Waals surface area contributed by atoms with E-state index in [2.05, 4.69) is 4.90 Å². The van der Waals surface area contributed by atoms with Crippen molar-refractivity contribution in [2.45, 2.75) is 25.4 Å². The van der Waals surface area contributed by atoms with Crippen molar-refractivity contribution in [1.82, 2.24) is 4.90 Å². The second-order valence-electron chi connectivity index (χ2n) is 4.29. The van der Waals surface area contributed by atoms with Gasteiger partial charge in [0.2, 0.25) is 0 Å². The van der Waals surface area contributed by atoms with Crippen LogP contribution in [0, 0.1) is 0 Å². The van der Waals surface area contributed by atoms with E-state index < -0.39 is 0 Å². The number of hydrogen-bond acceptors (Lipinski definition) is 4. The second kappa shape index (κ2) is 4.72. The number of likely N-dealkylation sites (tertiary alicyclic amines) is 1. The van der Waals surface area contributed by atoms with E-state index >= 15 is 0 Å². The predicted octanol–water partition coefficient (Wildman–Crippen LogP) is 0.931. The van der Waals surface area contributed by atoms with Crippen LogP contribution in [-0.2, 0) is 6.54 Å². The van der Waals surface area contributed by atoms with Crippen LogP contribution in [0.1, 0.15) is 18.4 Å². The molecular weight excluding hydrogens is 204 g/mol. The molecular formula is C12H18N2O2. The molecule has 4 heteroatoms. The van der Waals surface area contributed by atoms with Crippen molar-refractivity contribution in [2.24, 2.45) is 0 Å². The van der Waals surface area contributed by atoms with E-state index in [1.807, 2.05) is 0 Å². The second-order valence-corrected chi connectivity index (χ2v) is 4.29. The summed E-state index contributed by atoms with van der Waals surface area (Å²) in [4.78, 5) is 2.17. The van der Waals surface area contributed by atoms with E-state index in [4.69, 9.17) is 5.73 Å². The molecule has 0 aliphatic carbocycles. The Morgan fingerprint density at radius 3 is 2.94 bits per heavy atom. The summed E-state index contributed by atoms with van der Waals surface area (Å²) in [6.07, 6.45) is 2.11. The molecule has 1 aromatic carbocycles. The molecule has 0 aromatic heterocycles. The topological polar surface area (TPSA) is 69.7 Å². The molecule has 0 amide bonds. The number of phenols is 1. The summed E-state index contributed by atoms with van der Waals surface area (Å²) >= 11 is 0. The van der Waals surface area contributed by atoms with Crippen molar-refractivity contribution in [3.05, 3.63) is 23.8 Å². The summed E-state index contributed by atoms with van der Waals surface area (Å²) in [5.74, 6) is 0.239. The highest BCUT2D eigenvalue weighted by atomic mass is 16.3. The first-order chi connectivity index (χ1) is 7.72. The van der Waals surface area contributed by atoms with Crippen LogP contribution in [-0.4, -0.2) is 34.3 Å². The normalized spacial score (nSPS) is 21.4. The van der Waals surface area contributed by atoms with Gasteiger partial charge >= 0.3 is 0 Å². The fourth-order valence-electron chi connectivity index (χ4n) is 2.28. The molecule has 4 N–H and O–H groups in total. The highest BCUT2D eigenvalue weighted by molar-refractivity contribution is 5.53. The molecule has 0 spiro atoms. The number of nitrogen functional groups attached to an aromatic ring is 1. The van der Waals surface area contributed by atoms with Crippen LogP contribution >= 0.6 is 0 Å². The minimum Gasteiger partial charge on any atom is -0.508 e. The summed E-state index contributed by atoms with van der Waals surface area (Å²) < 4.78 is 0. The SMILES string of the molecule is Nc1cccc(O)c1CN1CCCC1CO. The van der Waals surface area contributed by atoms with Crippen molar-refractivity contribution < 1.29 is 10.2 Å². The average Bonchev–Trinajstić information content (AvgIpc) is 2.71. The van der Waals surface area contributed by atoms with Crippen LogP contribution in [0.25, 0.3) is 0 Å². The van der Waals surface area contributed by atoms with Crippen molar-refractivity contribution in [1.29, 1.82) is 0 Å². The van der Waals surface area contributed by atoms with Gasteiger partial charge in [-0.05, 0) is 31.5 Å². The van der Waals surface area contributed by atoms with Gasteiger partial charge in [-0.1, -0.05) is 6.07 Å². The molecule has 2 rings (SSSR count). The Morgan fingerprint density at radius 2 is 2.25 bits per heavy atom. The minimum atomic E-state index is 0.174.